The van der Waals surface area contributed by atoms with Gasteiger partial charge in [0.1, 0.15) is 19.3 Å². The van der Waals surface area contributed by atoms with Crippen LogP contribution in [0.1, 0.15) is 206 Å². The van der Waals surface area contributed by atoms with Gasteiger partial charge in [-0.1, -0.05) is 126 Å². The van der Waals surface area contributed by atoms with Gasteiger partial charge in [-0.15, -0.1) is 0 Å². The van der Waals surface area contributed by atoms with Gasteiger partial charge in [0.05, 0.1) is 0 Å². The van der Waals surface area contributed by atoms with E-state index in [0.717, 1.165) is 77.2 Å². The Labute approximate surface area is 321 Å². The van der Waals surface area contributed by atoms with Crippen LogP contribution < -0.4 is 0 Å². The lowest BCUT2D eigenvalue weighted by atomic mass is 10.0. The third-order valence-corrected chi connectivity index (χ3v) is 9.99. The number of carbonyl (C=O) groups excluding carboxylic acids is 1. The summed E-state index contributed by atoms with van der Waals surface area (Å²) in [6.07, 6.45) is 47.8. The van der Waals surface area contributed by atoms with E-state index in [1.165, 1.54) is 129 Å². The van der Waals surface area contributed by atoms with Gasteiger partial charge in [-0.05, 0) is 128 Å². The zero-order valence-electron chi connectivity index (χ0n) is 34.3. The van der Waals surface area contributed by atoms with Gasteiger partial charge >= 0.3 is 5.97 Å². The van der Waals surface area contributed by atoms with Crippen LogP contribution in [0.25, 0.3) is 0 Å². The Kier molecular flexibility index (Phi) is 36.9. The van der Waals surface area contributed by atoms with E-state index >= 15 is 0 Å². The van der Waals surface area contributed by atoms with E-state index in [2.05, 4.69) is 53.4 Å². The van der Waals surface area contributed by atoms with Crippen LogP contribution in [0.2, 0.25) is 0 Å². The van der Waals surface area contributed by atoms with Crippen LogP contribution in [0, 0.1) is 0 Å². The number of oxime groups is 2. The first-order valence-corrected chi connectivity index (χ1v) is 22.3. The van der Waals surface area contributed by atoms with Crippen LogP contribution in [0.15, 0.2) is 34.6 Å². The Bertz CT molecular complexity index is 817. The van der Waals surface area contributed by atoms with Crippen molar-refractivity contribution in [2.24, 2.45) is 10.3 Å². The highest BCUT2D eigenvalue weighted by molar-refractivity contribution is 5.69. The molecule has 0 unspecified atom stereocenters. The largest absolute Gasteiger partial charge is 0.462 e. The van der Waals surface area contributed by atoms with Crippen molar-refractivity contribution in [1.82, 2.24) is 4.90 Å². The highest BCUT2D eigenvalue weighted by Gasteiger charge is 2.16. The van der Waals surface area contributed by atoms with Crippen molar-refractivity contribution in [2.45, 2.75) is 213 Å². The minimum atomic E-state index is 0.0114. The molecule has 52 heavy (non-hydrogen) atoms. The third kappa shape index (κ3) is 34.9. The Morgan fingerprint density at radius 1 is 0.558 bits per heavy atom. The quantitative estimate of drug-likeness (QED) is 0.0207. The zero-order chi connectivity index (χ0) is 37.3. The van der Waals surface area contributed by atoms with Gasteiger partial charge in [0.15, 0.2) is 0 Å². The van der Waals surface area contributed by atoms with Gasteiger partial charge in [0, 0.05) is 18.9 Å². The fourth-order valence-corrected chi connectivity index (χ4v) is 6.72. The van der Waals surface area contributed by atoms with Crippen LogP contribution in [-0.4, -0.2) is 62.3 Å². The van der Waals surface area contributed by atoms with Gasteiger partial charge in [-0.3, -0.25) is 4.79 Å². The number of allylic oxidation sites excluding steroid dienone is 2. The van der Waals surface area contributed by atoms with Crippen molar-refractivity contribution in [2.75, 3.05) is 32.8 Å². The molecule has 0 amide bonds. The maximum absolute atomic E-state index is 12.7. The van der Waals surface area contributed by atoms with E-state index in [-0.39, 0.29) is 12.1 Å². The Morgan fingerprint density at radius 3 is 1.50 bits per heavy atom. The molecule has 0 spiro atoms. The molecular formula is C45H83N3O4. The Hall–Kier alpha value is -2.15. The molecule has 1 rings (SSSR count). The maximum atomic E-state index is 12.7. The zero-order valence-corrected chi connectivity index (χ0v) is 34.3. The summed E-state index contributed by atoms with van der Waals surface area (Å²) in [5.74, 6) is 0.0114. The van der Waals surface area contributed by atoms with Crippen molar-refractivity contribution in [1.29, 1.82) is 0 Å². The van der Waals surface area contributed by atoms with E-state index in [9.17, 15) is 4.79 Å². The first-order chi connectivity index (χ1) is 25.8. The molecule has 0 aliphatic carbocycles. The van der Waals surface area contributed by atoms with Crippen LogP contribution in [-0.2, 0) is 19.2 Å². The van der Waals surface area contributed by atoms with Crippen molar-refractivity contribution < 1.29 is 19.2 Å². The standard InChI is InChI=1S/C45H83N3O4/c1-3-5-7-9-17-23-31-42-50-46-37-27-21-15-11-13-19-25-34-44(52-45(49)36-33-41-48-39-29-30-40-48)35-26-20-14-12-16-22-28-38-47-51-43-32-24-18-10-8-6-4-2/h23-24,31-32,37-38,44H,3-22,25-30,33-36,39-43H2,1-2H3. The molecule has 0 bridgehead atoms. The number of hydrogen-bond donors (Lipinski definition) is 0. The smallest absolute Gasteiger partial charge is 0.306 e. The summed E-state index contributed by atoms with van der Waals surface area (Å²) < 4.78 is 6.06. The average molecular weight is 730 g/mol. The van der Waals surface area contributed by atoms with E-state index in [1.807, 2.05) is 12.4 Å². The summed E-state index contributed by atoms with van der Waals surface area (Å²) >= 11 is 0. The lowest BCUT2D eigenvalue weighted by Crippen LogP contribution is -2.23. The molecule has 0 radical (unpaired) electrons. The van der Waals surface area contributed by atoms with Gasteiger partial charge in [-0.25, -0.2) is 0 Å². The summed E-state index contributed by atoms with van der Waals surface area (Å²) in [6.45, 7) is 9.05. The Morgan fingerprint density at radius 2 is 1.00 bits per heavy atom. The number of carbonyl (C=O) groups is 1. The molecule has 0 aromatic carbocycles. The predicted octanol–water partition coefficient (Wildman–Crippen LogP) is 13.1. The lowest BCUT2D eigenvalue weighted by Gasteiger charge is -2.19. The normalized spacial score (nSPS) is 14.5. The van der Waals surface area contributed by atoms with Crippen LogP contribution >= 0.6 is 0 Å². The van der Waals surface area contributed by atoms with E-state index in [1.54, 1.807) is 0 Å². The first-order valence-electron chi connectivity index (χ1n) is 22.3. The van der Waals surface area contributed by atoms with Gasteiger partial charge in [0.25, 0.3) is 0 Å². The van der Waals surface area contributed by atoms with Gasteiger partial charge < -0.3 is 19.3 Å². The lowest BCUT2D eigenvalue weighted by molar-refractivity contribution is -0.150. The summed E-state index contributed by atoms with van der Waals surface area (Å²) in [7, 11) is 0. The summed E-state index contributed by atoms with van der Waals surface area (Å²) in [5, 5.41) is 8.18. The second-order valence-electron chi connectivity index (χ2n) is 15.0. The molecule has 0 aromatic rings. The highest BCUT2D eigenvalue weighted by atomic mass is 16.6. The topological polar surface area (TPSA) is 72.7 Å². The van der Waals surface area contributed by atoms with Crippen LogP contribution in [0.3, 0.4) is 0 Å². The molecule has 1 heterocycles. The third-order valence-electron chi connectivity index (χ3n) is 9.99. The van der Waals surface area contributed by atoms with Crippen molar-refractivity contribution in [3.05, 3.63) is 24.3 Å². The molecule has 0 N–H and O–H groups in total. The number of unbranched alkanes of at least 4 members (excludes halogenated alkanes) is 20. The number of nitrogens with zero attached hydrogens (tertiary/aromatic N) is 3. The fourth-order valence-electron chi connectivity index (χ4n) is 6.72. The second kappa shape index (κ2) is 40.0. The number of rotatable bonds is 39. The van der Waals surface area contributed by atoms with Crippen molar-refractivity contribution in [3.8, 4) is 0 Å². The molecule has 0 aromatic heterocycles. The number of esters is 1. The molecule has 0 atom stereocenters. The highest BCUT2D eigenvalue weighted by Crippen LogP contribution is 2.18. The number of likely N-dealkylation sites (tertiary alicyclic amines) is 1. The van der Waals surface area contributed by atoms with E-state index in [0.29, 0.717) is 19.6 Å². The summed E-state index contributed by atoms with van der Waals surface area (Å²) in [6, 6.07) is 0. The van der Waals surface area contributed by atoms with Gasteiger partial charge in [-0.2, -0.15) is 0 Å². The first kappa shape index (κ1) is 47.9. The molecule has 7 heteroatoms. The number of hydrogen-bond acceptors (Lipinski definition) is 7. The molecule has 1 aliphatic heterocycles. The molecule has 7 nitrogen and oxygen atoms in total. The van der Waals surface area contributed by atoms with Crippen LogP contribution in [0.4, 0.5) is 0 Å². The van der Waals surface area contributed by atoms with Crippen molar-refractivity contribution >= 4 is 18.4 Å². The average Bonchev–Trinajstić information content (AvgIpc) is 3.67. The van der Waals surface area contributed by atoms with Crippen molar-refractivity contribution in [3.63, 3.8) is 0 Å². The molecule has 1 fully saturated rings. The molecule has 1 saturated heterocycles. The fraction of sp³-hybridized carbons (Fsp3) is 0.844. The monoisotopic (exact) mass is 730 g/mol. The SMILES string of the molecule is CCCCCCC=CCON=CCCCCCCCCC(CCCCCCCCC=NOCC=CCCCCCC)OC(=O)CCCN1CCCC1. The molecule has 1 aliphatic rings. The minimum absolute atomic E-state index is 0.0114. The van der Waals surface area contributed by atoms with Gasteiger partial charge in [0.2, 0.25) is 0 Å². The predicted molar refractivity (Wildman–Crippen MR) is 223 cm³/mol. The van der Waals surface area contributed by atoms with E-state index < -0.39 is 0 Å². The minimum Gasteiger partial charge on any atom is -0.462 e. The molecule has 302 valence electrons. The molecule has 0 saturated carbocycles. The summed E-state index contributed by atoms with van der Waals surface area (Å²) in [5.41, 5.74) is 0. The number of ether oxygens (including phenoxy) is 1. The molecular weight excluding hydrogens is 647 g/mol. The maximum Gasteiger partial charge on any atom is 0.306 e. The Balaban J connectivity index is 2.12. The van der Waals surface area contributed by atoms with Crippen LogP contribution in [0.5, 0.6) is 0 Å². The second-order valence-corrected chi connectivity index (χ2v) is 15.0. The summed E-state index contributed by atoms with van der Waals surface area (Å²) in [4.78, 5) is 25.9. The van der Waals surface area contributed by atoms with E-state index in [4.69, 9.17) is 14.4 Å².